The lowest BCUT2D eigenvalue weighted by Gasteiger charge is -2.08. The van der Waals surface area contributed by atoms with Gasteiger partial charge in [-0.05, 0) is 38.2 Å². The van der Waals surface area contributed by atoms with E-state index in [0.29, 0.717) is 18.4 Å². The molecule has 0 aliphatic rings. The van der Waals surface area contributed by atoms with E-state index in [-0.39, 0.29) is 0 Å². The van der Waals surface area contributed by atoms with E-state index < -0.39 is 0 Å². The van der Waals surface area contributed by atoms with Gasteiger partial charge in [-0.1, -0.05) is 6.92 Å². The fourth-order valence-electron chi connectivity index (χ4n) is 1.47. The molecule has 0 fully saturated rings. The van der Waals surface area contributed by atoms with Crippen molar-refractivity contribution in [2.75, 3.05) is 30.5 Å². The Hall–Kier alpha value is -0.970. The third-order valence-corrected chi connectivity index (χ3v) is 3.04. The van der Waals surface area contributed by atoms with Crippen LogP contribution in [0.15, 0.2) is 6.07 Å². The number of anilines is 1. The number of unbranched alkanes of at least 4 members (excludes halogenated alkanes) is 1. The predicted octanol–water partition coefficient (Wildman–Crippen LogP) is 3.13. The maximum absolute atomic E-state index is 5.53. The minimum Gasteiger partial charge on any atom is -0.478 e. The second-order valence-corrected chi connectivity index (χ2v) is 5.13. The summed E-state index contributed by atoms with van der Waals surface area (Å²) in [5, 5.41) is 3.25. The third-order valence-electron chi connectivity index (χ3n) is 2.34. The topological polar surface area (TPSA) is 47.0 Å². The lowest BCUT2D eigenvalue weighted by Crippen LogP contribution is -2.08. The molecule has 1 aromatic heterocycles. The summed E-state index contributed by atoms with van der Waals surface area (Å²) < 4.78 is 5.53. The highest BCUT2D eigenvalue weighted by molar-refractivity contribution is 7.98. The van der Waals surface area contributed by atoms with E-state index in [2.05, 4.69) is 28.5 Å². The molecule has 0 unspecified atom stereocenters. The molecule has 18 heavy (non-hydrogen) atoms. The summed E-state index contributed by atoms with van der Waals surface area (Å²) in [5.74, 6) is 2.54. The van der Waals surface area contributed by atoms with Gasteiger partial charge in [-0.15, -0.1) is 0 Å². The zero-order chi connectivity index (χ0) is 13.2. The summed E-state index contributed by atoms with van der Waals surface area (Å²) in [4.78, 5) is 8.69. The molecule has 5 heteroatoms. The number of hydrogen-bond donors (Lipinski definition) is 1. The zero-order valence-corrected chi connectivity index (χ0v) is 12.3. The van der Waals surface area contributed by atoms with Crippen molar-refractivity contribution >= 4 is 17.7 Å². The Bertz CT molecular complexity index is 347. The standard InChI is InChI=1S/C13H23N3OS/c1-4-8-17-12-10-11(2)15-13(16-12)14-7-5-6-9-18-3/h10H,4-9H2,1-3H3,(H,14,15,16). The smallest absolute Gasteiger partial charge is 0.226 e. The Kier molecular flexibility index (Phi) is 7.57. The highest BCUT2D eigenvalue weighted by atomic mass is 32.2. The molecule has 0 spiro atoms. The first-order valence-electron chi connectivity index (χ1n) is 6.47. The van der Waals surface area contributed by atoms with E-state index in [4.69, 9.17) is 4.74 Å². The first-order chi connectivity index (χ1) is 8.76. The van der Waals surface area contributed by atoms with Crippen LogP contribution in [0.1, 0.15) is 31.9 Å². The molecule has 4 nitrogen and oxygen atoms in total. The van der Waals surface area contributed by atoms with Crippen LogP contribution in [0.3, 0.4) is 0 Å². The summed E-state index contributed by atoms with van der Waals surface area (Å²) in [6.07, 6.45) is 5.48. The molecule has 102 valence electrons. The minimum atomic E-state index is 0.663. The SMILES string of the molecule is CCCOc1cc(C)nc(NCCCCSC)n1. The van der Waals surface area contributed by atoms with Crippen molar-refractivity contribution in [1.29, 1.82) is 0 Å². The average Bonchev–Trinajstić information content (AvgIpc) is 2.35. The van der Waals surface area contributed by atoms with Crippen LogP contribution in [0, 0.1) is 6.92 Å². The number of thioether (sulfide) groups is 1. The second kappa shape index (κ2) is 9.03. The molecule has 1 heterocycles. The van der Waals surface area contributed by atoms with Crippen molar-refractivity contribution in [2.24, 2.45) is 0 Å². The number of ether oxygens (including phenoxy) is 1. The summed E-state index contributed by atoms with van der Waals surface area (Å²) in [5.41, 5.74) is 0.933. The van der Waals surface area contributed by atoms with Gasteiger partial charge in [-0.2, -0.15) is 16.7 Å². The molecule has 0 radical (unpaired) electrons. The Labute approximate surface area is 114 Å². The minimum absolute atomic E-state index is 0.663. The van der Waals surface area contributed by atoms with Crippen LogP contribution in [-0.2, 0) is 0 Å². The largest absolute Gasteiger partial charge is 0.478 e. The van der Waals surface area contributed by atoms with E-state index in [1.807, 2.05) is 24.8 Å². The van der Waals surface area contributed by atoms with Crippen molar-refractivity contribution in [3.63, 3.8) is 0 Å². The molecule has 0 aliphatic carbocycles. The number of hydrogen-bond acceptors (Lipinski definition) is 5. The van der Waals surface area contributed by atoms with E-state index >= 15 is 0 Å². The molecule has 0 saturated carbocycles. The Balaban J connectivity index is 2.41. The van der Waals surface area contributed by atoms with Gasteiger partial charge in [0.25, 0.3) is 0 Å². The number of rotatable bonds is 9. The molecule has 1 rings (SSSR count). The summed E-state index contributed by atoms with van der Waals surface area (Å²) in [7, 11) is 0. The maximum Gasteiger partial charge on any atom is 0.226 e. The fraction of sp³-hybridized carbons (Fsp3) is 0.692. The van der Waals surface area contributed by atoms with E-state index in [1.165, 1.54) is 12.2 Å². The van der Waals surface area contributed by atoms with Gasteiger partial charge >= 0.3 is 0 Å². The van der Waals surface area contributed by atoms with Gasteiger partial charge in [0.2, 0.25) is 11.8 Å². The van der Waals surface area contributed by atoms with Gasteiger partial charge in [-0.3, -0.25) is 0 Å². The van der Waals surface area contributed by atoms with Crippen molar-refractivity contribution in [2.45, 2.75) is 33.1 Å². The van der Waals surface area contributed by atoms with Gasteiger partial charge < -0.3 is 10.1 Å². The molecule has 0 saturated heterocycles. The van der Waals surface area contributed by atoms with Gasteiger partial charge in [0.15, 0.2) is 0 Å². The number of nitrogens with one attached hydrogen (secondary N) is 1. The van der Waals surface area contributed by atoms with Crippen molar-refractivity contribution < 1.29 is 4.74 Å². The Morgan fingerprint density at radius 3 is 2.89 bits per heavy atom. The summed E-state index contributed by atoms with van der Waals surface area (Å²) in [6, 6.07) is 1.87. The van der Waals surface area contributed by atoms with Crippen LogP contribution in [0.4, 0.5) is 5.95 Å². The van der Waals surface area contributed by atoms with Crippen molar-refractivity contribution in [1.82, 2.24) is 9.97 Å². The van der Waals surface area contributed by atoms with Crippen LogP contribution in [0.25, 0.3) is 0 Å². The van der Waals surface area contributed by atoms with Gasteiger partial charge in [-0.25, -0.2) is 4.98 Å². The zero-order valence-electron chi connectivity index (χ0n) is 11.5. The van der Waals surface area contributed by atoms with Crippen molar-refractivity contribution in [3.05, 3.63) is 11.8 Å². The van der Waals surface area contributed by atoms with Crippen molar-refractivity contribution in [3.8, 4) is 5.88 Å². The van der Waals surface area contributed by atoms with Crippen LogP contribution in [0.5, 0.6) is 5.88 Å². The lowest BCUT2D eigenvalue weighted by atomic mass is 10.3. The van der Waals surface area contributed by atoms with E-state index in [1.54, 1.807) is 0 Å². The predicted molar refractivity (Wildman–Crippen MR) is 78.7 cm³/mol. The highest BCUT2D eigenvalue weighted by Gasteiger charge is 2.02. The molecular weight excluding hydrogens is 246 g/mol. The molecule has 1 aromatic rings. The van der Waals surface area contributed by atoms with Crippen LogP contribution >= 0.6 is 11.8 Å². The second-order valence-electron chi connectivity index (χ2n) is 4.15. The third kappa shape index (κ3) is 6.10. The lowest BCUT2D eigenvalue weighted by molar-refractivity contribution is 0.305. The molecular formula is C13H23N3OS. The fourth-order valence-corrected chi connectivity index (χ4v) is 1.96. The van der Waals surface area contributed by atoms with E-state index in [9.17, 15) is 0 Å². The first kappa shape index (κ1) is 15.1. The molecule has 0 aliphatic heterocycles. The average molecular weight is 269 g/mol. The van der Waals surface area contributed by atoms with Gasteiger partial charge in [0, 0.05) is 18.3 Å². The highest BCUT2D eigenvalue weighted by Crippen LogP contribution is 2.12. The summed E-state index contributed by atoms with van der Waals surface area (Å²) in [6.45, 7) is 5.65. The number of aryl methyl sites for hydroxylation is 1. The quantitative estimate of drug-likeness (QED) is 0.698. The first-order valence-corrected chi connectivity index (χ1v) is 7.87. The monoisotopic (exact) mass is 269 g/mol. The normalized spacial score (nSPS) is 10.4. The Morgan fingerprint density at radius 1 is 1.33 bits per heavy atom. The van der Waals surface area contributed by atoms with Crippen LogP contribution in [0.2, 0.25) is 0 Å². The molecule has 0 bridgehead atoms. The van der Waals surface area contributed by atoms with Crippen LogP contribution < -0.4 is 10.1 Å². The van der Waals surface area contributed by atoms with Gasteiger partial charge in [0.1, 0.15) is 0 Å². The Morgan fingerprint density at radius 2 is 2.17 bits per heavy atom. The number of aromatic nitrogens is 2. The molecule has 0 aromatic carbocycles. The maximum atomic E-state index is 5.53. The number of nitrogens with zero attached hydrogens (tertiary/aromatic N) is 2. The molecule has 0 amide bonds. The van der Waals surface area contributed by atoms with Gasteiger partial charge in [0.05, 0.1) is 6.61 Å². The van der Waals surface area contributed by atoms with Crippen LogP contribution in [-0.4, -0.2) is 35.1 Å². The molecule has 0 atom stereocenters. The summed E-state index contributed by atoms with van der Waals surface area (Å²) >= 11 is 1.88. The molecule has 1 N–H and O–H groups in total. The van der Waals surface area contributed by atoms with E-state index in [0.717, 1.165) is 25.1 Å².